The number of nitrogens with one attached hydrogen (secondary N) is 1. The Morgan fingerprint density at radius 1 is 0.791 bits per heavy atom. The molecule has 1 aliphatic heterocycles. The Bertz CT molecular complexity index is 1710. The van der Waals surface area contributed by atoms with Gasteiger partial charge in [0.15, 0.2) is 5.82 Å². The smallest absolute Gasteiger partial charge is 0.253 e. The molecule has 0 spiro atoms. The van der Waals surface area contributed by atoms with Gasteiger partial charge in [-0.25, -0.2) is 4.68 Å². The van der Waals surface area contributed by atoms with E-state index in [-0.39, 0.29) is 23.7 Å². The summed E-state index contributed by atoms with van der Waals surface area (Å²) in [5.41, 5.74) is 6.40. The summed E-state index contributed by atoms with van der Waals surface area (Å²) >= 11 is 0. The van der Waals surface area contributed by atoms with Gasteiger partial charge < -0.3 is 4.98 Å². The van der Waals surface area contributed by atoms with Crippen molar-refractivity contribution in [3.05, 3.63) is 123 Å². The summed E-state index contributed by atoms with van der Waals surface area (Å²) in [6, 6.07) is 27.9. The van der Waals surface area contributed by atoms with Gasteiger partial charge in [0.2, 0.25) is 0 Å². The number of H-pyrrole nitrogens is 1. The van der Waals surface area contributed by atoms with Crippen LogP contribution in [0, 0.1) is 13.8 Å². The topological polar surface area (TPSA) is 82.9 Å². The second-order valence-corrected chi connectivity index (χ2v) is 12.1. The van der Waals surface area contributed by atoms with Gasteiger partial charge in [0.25, 0.3) is 5.56 Å². The van der Waals surface area contributed by atoms with Crippen molar-refractivity contribution in [3.63, 3.8) is 0 Å². The molecule has 3 aromatic carbocycles. The molecule has 1 saturated carbocycles. The normalized spacial score (nSPS) is 17.7. The Labute approximate surface area is 252 Å². The van der Waals surface area contributed by atoms with E-state index in [2.05, 4.69) is 123 Å². The first-order valence-electron chi connectivity index (χ1n) is 15.6. The zero-order valence-corrected chi connectivity index (χ0v) is 25.0. The maximum absolute atomic E-state index is 13.9. The van der Waals surface area contributed by atoms with Gasteiger partial charge in [-0.2, -0.15) is 0 Å². The lowest BCUT2D eigenvalue weighted by molar-refractivity contribution is 0.0850. The molecule has 2 aromatic heterocycles. The molecule has 7 rings (SSSR count). The molecule has 1 N–H and O–H groups in total. The lowest BCUT2D eigenvalue weighted by Gasteiger charge is -2.42. The summed E-state index contributed by atoms with van der Waals surface area (Å²) in [5, 5.41) is 14.3. The summed E-state index contributed by atoms with van der Waals surface area (Å²) in [6.07, 6.45) is 4.51. The largest absolute Gasteiger partial charge is 0.321 e. The predicted molar refractivity (Wildman–Crippen MR) is 169 cm³/mol. The molecule has 0 bridgehead atoms. The molecule has 1 aliphatic carbocycles. The van der Waals surface area contributed by atoms with E-state index < -0.39 is 0 Å². The number of aryl methyl sites for hydroxylation is 2. The third-order valence-electron chi connectivity index (χ3n) is 9.62. The van der Waals surface area contributed by atoms with E-state index >= 15 is 0 Å². The summed E-state index contributed by atoms with van der Waals surface area (Å²) in [6.45, 7) is 7.46. The average molecular weight is 574 g/mol. The van der Waals surface area contributed by atoms with Crippen LogP contribution < -0.4 is 5.56 Å². The van der Waals surface area contributed by atoms with Gasteiger partial charge >= 0.3 is 0 Å². The molecule has 2 fully saturated rings. The number of hydrogen-bond acceptors (Lipinski definition) is 6. The molecule has 8 nitrogen and oxygen atoms in total. The molecule has 1 saturated heterocycles. The van der Waals surface area contributed by atoms with Crippen LogP contribution in [0.5, 0.6) is 0 Å². The van der Waals surface area contributed by atoms with Crippen molar-refractivity contribution in [2.75, 3.05) is 26.2 Å². The van der Waals surface area contributed by atoms with E-state index in [1.54, 1.807) is 0 Å². The number of tetrazole rings is 1. The average Bonchev–Trinajstić information content (AvgIpc) is 3.75. The second-order valence-electron chi connectivity index (χ2n) is 12.1. The van der Waals surface area contributed by atoms with Gasteiger partial charge in [0.1, 0.15) is 6.04 Å². The second kappa shape index (κ2) is 11.9. The van der Waals surface area contributed by atoms with Crippen LogP contribution in [0.4, 0.5) is 0 Å². The Balaban J connectivity index is 1.26. The molecule has 3 heterocycles. The highest BCUT2D eigenvalue weighted by Crippen LogP contribution is 2.36. The molecule has 0 radical (unpaired) electrons. The minimum Gasteiger partial charge on any atom is -0.321 e. The van der Waals surface area contributed by atoms with Crippen LogP contribution in [-0.2, 0) is 0 Å². The third-order valence-corrected chi connectivity index (χ3v) is 9.62. The Morgan fingerprint density at radius 3 is 2.02 bits per heavy atom. The van der Waals surface area contributed by atoms with E-state index in [0.29, 0.717) is 5.56 Å². The molecule has 8 heteroatoms. The third kappa shape index (κ3) is 5.30. The minimum atomic E-state index is -0.334. The Hall–Kier alpha value is -4.14. The van der Waals surface area contributed by atoms with Crippen LogP contribution in [0.1, 0.15) is 77.5 Å². The summed E-state index contributed by atoms with van der Waals surface area (Å²) in [5.74, 6) is 0.775. The minimum absolute atomic E-state index is 0.0685. The number of fused-ring (bicyclic) bond motifs is 1. The van der Waals surface area contributed by atoms with Crippen LogP contribution in [0.15, 0.2) is 83.7 Å². The van der Waals surface area contributed by atoms with Crippen LogP contribution >= 0.6 is 0 Å². The van der Waals surface area contributed by atoms with Gasteiger partial charge in [0.05, 0.1) is 17.6 Å². The van der Waals surface area contributed by atoms with Crippen molar-refractivity contribution >= 4 is 10.9 Å². The Kier molecular flexibility index (Phi) is 7.63. The standard InChI is InChI=1S/C35H39N7O/c1-24-17-18-28-23-30(35(43)36-31(28)25(24)2)33(34-37-38-39-42(34)29-15-9-10-16-29)41-21-19-40(20-22-41)32(26-11-5-3-6-12-26)27-13-7-4-8-14-27/h3-8,11-14,17-18,23,29,32-33H,9-10,15-16,19-22H2,1-2H3,(H,36,43)/t33-/m0/s1. The maximum Gasteiger partial charge on any atom is 0.253 e. The predicted octanol–water partition coefficient (Wildman–Crippen LogP) is 5.74. The van der Waals surface area contributed by atoms with E-state index in [9.17, 15) is 4.79 Å². The van der Waals surface area contributed by atoms with E-state index in [0.717, 1.165) is 61.3 Å². The molecule has 5 aromatic rings. The molecule has 1 atom stereocenters. The van der Waals surface area contributed by atoms with Crippen molar-refractivity contribution in [1.29, 1.82) is 0 Å². The number of pyridine rings is 1. The first-order valence-corrected chi connectivity index (χ1v) is 15.6. The van der Waals surface area contributed by atoms with Crippen LogP contribution in [-0.4, -0.2) is 61.2 Å². The van der Waals surface area contributed by atoms with E-state index in [1.807, 2.05) is 4.68 Å². The SMILES string of the molecule is Cc1ccc2cc([C@@H](c3nnnn3C3CCCC3)N3CCN(C(c4ccccc4)c4ccccc4)CC3)c(=O)[nH]c2c1C. The number of piperazine rings is 1. The fourth-order valence-electron chi connectivity index (χ4n) is 7.17. The molecule has 43 heavy (non-hydrogen) atoms. The highest BCUT2D eigenvalue weighted by molar-refractivity contribution is 5.83. The number of benzene rings is 3. The van der Waals surface area contributed by atoms with Crippen molar-refractivity contribution in [2.24, 2.45) is 0 Å². The summed E-state index contributed by atoms with van der Waals surface area (Å²) in [4.78, 5) is 22.1. The number of rotatable bonds is 7. The zero-order valence-electron chi connectivity index (χ0n) is 25.0. The molecular weight excluding hydrogens is 534 g/mol. The van der Waals surface area contributed by atoms with Crippen LogP contribution in [0.3, 0.4) is 0 Å². The fraction of sp³-hybridized carbons (Fsp3) is 0.371. The zero-order chi connectivity index (χ0) is 29.3. The van der Waals surface area contributed by atoms with E-state index in [1.165, 1.54) is 29.5 Å². The number of nitrogens with zero attached hydrogens (tertiary/aromatic N) is 6. The number of aromatic nitrogens is 5. The highest BCUT2D eigenvalue weighted by Gasteiger charge is 2.36. The van der Waals surface area contributed by atoms with Gasteiger partial charge in [0, 0.05) is 31.7 Å². The van der Waals surface area contributed by atoms with Crippen molar-refractivity contribution in [3.8, 4) is 0 Å². The molecule has 0 unspecified atom stereocenters. The first-order chi connectivity index (χ1) is 21.1. The molecule has 0 amide bonds. The lowest BCUT2D eigenvalue weighted by Crippen LogP contribution is -2.50. The molecular formula is C35H39N7O. The Morgan fingerprint density at radius 2 is 1.40 bits per heavy atom. The van der Waals surface area contributed by atoms with Crippen molar-refractivity contribution in [1.82, 2.24) is 35.0 Å². The number of aromatic amines is 1. The molecule has 2 aliphatic rings. The maximum atomic E-state index is 13.9. The number of hydrogen-bond donors (Lipinski definition) is 1. The van der Waals surface area contributed by atoms with E-state index in [4.69, 9.17) is 0 Å². The van der Waals surface area contributed by atoms with Gasteiger partial charge in [-0.1, -0.05) is 85.6 Å². The van der Waals surface area contributed by atoms with Gasteiger partial charge in [-0.15, -0.1) is 5.10 Å². The van der Waals surface area contributed by atoms with Crippen LogP contribution in [0.2, 0.25) is 0 Å². The molecule has 220 valence electrons. The van der Waals surface area contributed by atoms with Gasteiger partial charge in [-0.3, -0.25) is 14.6 Å². The quantitative estimate of drug-likeness (QED) is 0.267. The monoisotopic (exact) mass is 573 g/mol. The highest BCUT2D eigenvalue weighted by atomic mass is 16.1. The van der Waals surface area contributed by atoms with Crippen molar-refractivity contribution in [2.45, 2.75) is 57.7 Å². The van der Waals surface area contributed by atoms with Crippen molar-refractivity contribution < 1.29 is 0 Å². The first kappa shape index (κ1) is 27.7. The lowest BCUT2D eigenvalue weighted by atomic mass is 9.95. The summed E-state index contributed by atoms with van der Waals surface area (Å²) < 4.78 is 2.02. The van der Waals surface area contributed by atoms with Gasteiger partial charge in [-0.05, 0) is 70.8 Å². The van der Waals surface area contributed by atoms with Crippen LogP contribution in [0.25, 0.3) is 10.9 Å². The summed E-state index contributed by atoms with van der Waals surface area (Å²) in [7, 11) is 0. The fourth-order valence-corrected chi connectivity index (χ4v) is 7.17.